The second kappa shape index (κ2) is 7.79. The normalized spacial score (nSPS) is 12.0. The SMILES string of the molecule is CSc1ccccc1NC(=O)[C@@H](C)n1nnc(-c2ccc(Br)cc2)n1. The van der Waals surface area contributed by atoms with Crippen LogP contribution in [0.25, 0.3) is 11.4 Å². The van der Waals surface area contributed by atoms with Gasteiger partial charge in [0.1, 0.15) is 6.04 Å². The number of rotatable bonds is 5. The highest BCUT2D eigenvalue weighted by atomic mass is 79.9. The van der Waals surface area contributed by atoms with Crippen LogP contribution in [0.2, 0.25) is 0 Å². The van der Waals surface area contributed by atoms with Gasteiger partial charge in [-0.05, 0) is 54.8 Å². The van der Waals surface area contributed by atoms with E-state index in [1.807, 2.05) is 54.8 Å². The van der Waals surface area contributed by atoms with Crippen molar-refractivity contribution in [2.24, 2.45) is 0 Å². The maximum absolute atomic E-state index is 12.5. The van der Waals surface area contributed by atoms with Gasteiger partial charge in [-0.2, -0.15) is 4.80 Å². The summed E-state index contributed by atoms with van der Waals surface area (Å²) in [5, 5.41) is 15.3. The Labute approximate surface area is 158 Å². The number of halogens is 1. The maximum atomic E-state index is 12.5. The van der Waals surface area contributed by atoms with Crippen molar-refractivity contribution in [3.05, 3.63) is 53.0 Å². The molecule has 1 atom stereocenters. The molecular weight excluding hydrogens is 402 g/mol. The van der Waals surface area contributed by atoms with Crippen LogP contribution in [0.5, 0.6) is 0 Å². The van der Waals surface area contributed by atoms with Crippen molar-refractivity contribution in [3.63, 3.8) is 0 Å². The molecule has 8 heteroatoms. The minimum absolute atomic E-state index is 0.193. The third-order valence-corrected chi connectivity index (χ3v) is 4.95. The molecule has 0 unspecified atom stereocenters. The van der Waals surface area contributed by atoms with Crippen molar-refractivity contribution in [1.82, 2.24) is 20.2 Å². The third kappa shape index (κ3) is 4.08. The summed E-state index contributed by atoms with van der Waals surface area (Å²) in [4.78, 5) is 14.8. The van der Waals surface area contributed by atoms with Gasteiger partial charge >= 0.3 is 0 Å². The number of benzene rings is 2. The molecule has 0 radical (unpaired) electrons. The fourth-order valence-electron chi connectivity index (χ4n) is 2.19. The lowest BCUT2D eigenvalue weighted by Gasteiger charge is -2.13. The lowest BCUT2D eigenvalue weighted by molar-refractivity contribution is -0.119. The molecule has 25 heavy (non-hydrogen) atoms. The van der Waals surface area contributed by atoms with Crippen LogP contribution in [-0.2, 0) is 4.79 Å². The van der Waals surface area contributed by atoms with Gasteiger partial charge in [0.05, 0.1) is 5.69 Å². The Balaban J connectivity index is 1.75. The molecule has 6 nitrogen and oxygen atoms in total. The summed E-state index contributed by atoms with van der Waals surface area (Å²) >= 11 is 4.97. The molecule has 0 fully saturated rings. The van der Waals surface area contributed by atoms with Crippen LogP contribution in [-0.4, -0.2) is 32.4 Å². The van der Waals surface area contributed by atoms with Gasteiger partial charge in [0.2, 0.25) is 5.82 Å². The predicted molar refractivity (Wildman–Crippen MR) is 103 cm³/mol. The summed E-state index contributed by atoms with van der Waals surface area (Å²) in [6.07, 6.45) is 1.97. The minimum atomic E-state index is -0.577. The van der Waals surface area contributed by atoms with Gasteiger partial charge < -0.3 is 5.32 Å². The second-order valence-corrected chi connectivity index (χ2v) is 7.07. The summed E-state index contributed by atoms with van der Waals surface area (Å²) in [5.74, 6) is 0.290. The Morgan fingerprint density at radius 3 is 2.64 bits per heavy atom. The molecular formula is C17H16BrN5OS. The number of tetrazole rings is 1. The molecule has 1 amide bonds. The number of anilines is 1. The average Bonchev–Trinajstić information content (AvgIpc) is 3.12. The summed E-state index contributed by atoms with van der Waals surface area (Å²) in [7, 11) is 0. The van der Waals surface area contributed by atoms with E-state index in [1.165, 1.54) is 4.80 Å². The van der Waals surface area contributed by atoms with Crippen LogP contribution in [0.3, 0.4) is 0 Å². The van der Waals surface area contributed by atoms with E-state index in [0.717, 1.165) is 20.6 Å². The zero-order valence-electron chi connectivity index (χ0n) is 13.7. The van der Waals surface area contributed by atoms with E-state index in [4.69, 9.17) is 0 Å². The minimum Gasteiger partial charge on any atom is -0.323 e. The van der Waals surface area contributed by atoms with Crippen LogP contribution in [0.15, 0.2) is 57.9 Å². The Bertz CT molecular complexity index is 881. The van der Waals surface area contributed by atoms with E-state index in [1.54, 1.807) is 18.7 Å². The number of thioether (sulfide) groups is 1. The lowest BCUT2D eigenvalue weighted by Crippen LogP contribution is -2.25. The molecule has 0 spiro atoms. The van der Waals surface area contributed by atoms with Gasteiger partial charge in [0.25, 0.3) is 5.91 Å². The third-order valence-electron chi connectivity index (χ3n) is 3.62. The molecule has 0 aliphatic rings. The van der Waals surface area contributed by atoms with Gasteiger partial charge in [0, 0.05) is 14.9 Å². The molecule has 1 N–H and O–H groups in total. The molecule has 0 saturated carbocycles. The van der Waals surface area contributed by atoms with Gasteiger partial charge in [-0.15, -0.1) is 22.0 Å². The zero-order chi connectivity index (χ0) is 17.8. The topological polar surface area (TPSA) is 72.7 Å². The van der Waals surface area contributed by atoms with Crippen LogP contribution in [0.4, 0.5) is 5.69 Å². The standard InChI is InChI=1S/C17H16BrN5OS/c1-11(17(24)19-14-5-3-4-6-15(14)25-2)23-21-16(20-22-23)12-7-9-13(18)10-8-12/h3-11H,1-2H3,(H,19,24)/t11-/m1/s1. The number of amides is 1. The van der Waals surface area contributed by atoms with Crippen LogP contribution in [0, 0.1) is 0 Å². The molecule has 3 aromatic rings. The first kappa shape index (κ1) is 17.6. The fraction of sp³-hybridized carbons (Fsp3) is 0.176. The quantitative estimate of drug-likeness (QED) is 0.634. The number of para-hydroxylation sites is 1. The molecule has 1 heterocycles. The second-order valence-electron chi connectivity index (χ2n) is 5.31. The number of carbonyl (C=O) groups is 1. The number of nitrogens with zero attached hydrogens (tertiary/aromatic N) is 4. The summed E-state index contributed by atoms with van der Waals surface area (Å²) in [6, 6.07) is 14.7. The lowest BCUT2D eigenvalue weighted by atomic mass is 10.2. The smallest absolute Gasteiger partial charge is 0.250 e. The van der Waals surface area contributed by atoms with Gasteiger partial charge in [-0.25, -0.2) is 0 Å². The van der Waals surface area contributed by atoms with Crippen molar-refractivity contribution in [2.45, 2.75) is 17.9 Å². The molecule has 2 aromatic carbocycles. The van der Waals surface area contributed by atoms with Crippen LogP contribution in [0.1, 0.15) is 13.0 Å². The van der Waals surface area contributed by atoms with Crippen LogP contribution >= 0.6 is 27.7 Å². The van der Waals surface area contributed by atoms with E-state index >= 15 is 0 Å². The van der Waals surface area contributed by atoms with E-state index in [2.05, 4.69) is 36.7 Å². The van der Waals surface area contributed by atoms with Gasteiger partial charge in [0.15, 0.2) is 0 Å². The van der Waals surface area contributed by atoms with E-state index in [-0.39, 0.29) is 5.91 Å². The van der Waals surface area contributed by atoms with Crippen molar-refractivity contribution in [2.75, 3.05) is 11.6 Å². The Morgan fingerprint density at radius 2 is 1.92 bits per heavy atom. The maximum Gasteiger partial charge on any atom is 0.250 e. The number of hydrogen-bond acceptors (Lipinski definition) is 5. The van der Waals surface area contributed by atoms with Crippen molar-refractivity contribution in [1.29, 1.82) is 0 Å². The Kier molecular flexibility index (Phi) is 5.50. The molecule has 3 rings (SSSR count). The first-order chi connectivity index (χ1) is 12.1. The fourth-order valence-corrected chi connectivity index (χ4v) is 3.01. The van der Waals surface area contributed by atoms with E-state index in [9.17, 15) is 4.79 Å². The number of hydrogen-bond donors (Lipinski definition) is 1. The molecule has 128 valence electrons. The number of aromatic nitrogens is 4. The summed E-state index contributed by atoms with van der Waals surface area (Å²) in [6.45, 7) is 1.74. The molecule has 0 saturated heterocycles. The van der Waals surface area contributed by atoms with Crippen LogP contribution < -0.4 is 5.32 Å². The van der Waals surface area contributed by atoms with Gasteiger partial charge in [-0.1, -0.05) is 28.1 Å². The van der Waals surface area contributed by atoms with Gasteiger partial charge in [-0.3, -0.25) is 4.79 Å². The highest BCUT2D eigenvalue weighted by Gasteiger charge is 2.19. The first-order valence-electron chi connectivity index (χ1n) is 7.58. The molecule has 0 aliphatic carbocycles. The van der Waals surface area contributed by atoms with Crippen molar-refractivity contribution < 1.29 is 4.79 Å². The average molecular weight is 418 g/mol. The molecule has 0 aliphatic heterocycles. The monoisotopic (exact) mass is 417 g/mol. The Morgan fingerprint density at radius 1 is 1.20 bits per heavy atom. The predicted octanol–water partition coefficient (Wildman–Crippen LogP) is 4.02. The molecule has 0 bridgehead atoms. The highest BCUT2D eigenvalue weighted by Crippen LogP contribution is 2.25. The van der Waals surface area contributed by atoms with E-state index < -0.39 is 6.04 Å². The highest BCUT2D eigenvalue weighted by molar-refractivity contribution is 9.10. The van der Waals surface area contributed by atoms with Crippen molar-refractivity contribution in [3.8, 4) is 11.4 Å². The first-order valence-corrected chi connectivity index (χ1v) is 9.59. The number of carbonyl (C=O) groups excluding carboxylic acids is 1. The summed E-state index contributed by atoms with van der Waals surface area (Å²) in [5.41, 5.74) is 1.62. The van der Waals surface area contributed by atoms with E-state index in [0.29, 0.717) is 5.82 Å². The molecule has 1 aromatic heterocycles. The largest absolute Gasteiger partial charge is 0.323 e. The number of nitrogens with one attached hydrogen (secondary N) is 1. The van der Waals surface area contributed by atoms with Crippen molar-refractivity contribution >= 4 is 39.3 Å². The Hall–Kier alpha value is -2.19. The zero-order valence-corrected chi connectivity index (χ0v) is 16.1. The summed E-state index contributed by atoms with van der Waals surface area (Å²) < 4.78 is 0.976.